The molecule has 0 saturated heterocycles. The fourth-order valence-corrected chi connectivity index (χ4v) is 2.77. The van der Waals surface area contributed by atoms with Crippen LogP contribution in [0.1, 0.15) is 12.8 Å². The number of thiophene rings is 1. The molecule has 0 aliphatic carbocycles. The molecular weight excluding hydrogens is 256 g/mol. The SMILES string of the molecule is CC(CO)CSCc1nc(-c2ccsc2)no1. The van der Waals surface area contributed by atoms with E-state index in [1.807, 2.05) is 23.8 Å². The predicted octanol–water partition coefficient (Wildman–Crippen LogP) is 2.66. The van der Waals surface area contributed by atoms with E-state index < -0.39 is 0 Å². The summed E-state index contributed by atoms with van der Waals surface area (Å²) in [4.78, 5) is 4.32. The van der Waals surface area contributed by atoms with Gasteiger partial charge in [-0.25, -0.2) is 0 Å². The number of rotatable bonds is 6. The van der Waals surface area contributed by atoms with Gasteiger partial charge in [0.25, 0.3) is 0 Å². The minimum absolute atomic E-state index is 0.219. The van der Waals surface area contributed by atoms with E-state index >= 15 is 0 Å². The molecule has 0 aliphatic rings. The minimum atomic E-state index is 0.219. The lowest BCUT2D eigenvalue weighted by Gasteiger charge is -2.04. The van der Waals surface area contributed by atoms with Crippen molar-refractivity contribution in [2.24, 2.45) is 5.92 Å². The lowest BCUT2D eigenvalue weighted by Crippen LogP contribution is -2.03. The number of aliphatic hydroxyl groups is 1. The highest BCUT2D eigenvalue weighted by Crippen LogP contribution is 2.20. The van der Waals surface area contributed by atoms with Crippen LogP contribution in [0.2, 0.25) is 0 Å². The van der Waals surface area contributed by atoms with Gasteiger partial charge >= 0.3 is 0 Å². The van der Waals surface area contributed by atoms with E-state index in [-0.39, 0.29) is 6.61 Å². The number of thioether (sulfide) groups is 1. The molecule has 17 heavy (non-hydrogen) atoms. The first-order chi connectivity index (χ1) is 8.29. The summed E-state index contributed by atoms with van der Waals surface area (Å²) in [6, 6.07) is 1.97. The van der Waals surface area contributed by atoms with Crippen molar-refractivity contribution in [2.75, 3.05) is 12.4 Å². The molecule has 1 unspecified atom stereocenters. The van der Waals surface area contributed by atoms with E-state index in [1.54, 1.807) is 23.1 Å². The molecule has 1 atom stereocenters. The monoisotopic (exact) mass is 270 g/mol. The van der Waals surface area contributed by atoms with Crippen LogP contribution in [0.5, 0.6) is 0 Å². The molecule has 2 aromatic rings. The summed E-state index contributed by atoms with van der Waals surface area (Å²) < 4.78 is 5.16. The van der Waals surface area contributed by atoms with Crippen molar-refractivity contribution < 1.29 is 9.63 Å². The molecule has 0 saturated carbocycles. The van der Waals surface area contributed by atoms with Gasteiger partial charge in [0.05, 0.1) is 5.75 Å². The first-order valence-corrected chi connectivity index (χ1v) is 7.43. The zero-order valence-corrected chi connectivity index (χ0v) is 11.1. The Morgan fingerprint density at radius 1 is 1.59 bits per heavy atom. The lowest BCUT2D eigenvalue weighted by molar-refractivity contribution is 0.250. The van der Waals surface area contributed by atoms with Gasteiger partial charge in [0.2, 0.25) is 11.7 Å². The van der Waals surface area contributed by atoms with Gasteiger partial charge in [-0.2, -0.15) is 28.1 Å². The van der Waals surface area contributed by atoms with Crippen LogP contribution in [0.25, 0.3) is 11.4 Å². The van der Waals surface area contributed by atoms with Crippen LogP contribution in [-0.4, -0.2) is 27.6 Å². The Balaban J connectivity index is 1.87. The highest BCUT2D eigenvalue weighted by molar-refractivity contribution is 7.98. The molecule has 92 valence electrons. The van der Waals surface area contributed by atoms with Crippen LogP contribution in [0.3, 0.4) is 0 Å². The lowest BCUT2D eigenvalue weighted by atomic mass is 10.2. The minimum Gasteiger partial charge on any atom is -0.396 e. The van der Waals surface area contributed by atoms with E-state index in [0.717, 1.165) is 11.3 Å². The van der Waals surface area contributed by atoms with Crippen molar-refractivity contribution in [1.82, 2.24) is 10.1 Å². The zero-order valence-electron chi connectivity index (χ0n) is 9.50. The fourth-order valence-electron chi connectivity index (χ4n) is 1.22. The average molecular weight is 270 g/mol. The standard InChI is InChI=1S/C11H14N2O2S2/c1-8(4-14)5-17-7-10-12-11(13-15-10)9-2-3-16-6-9/h2-3,6,8,14H,4-5,7H2,1H3. The molecule has 2 aromatic heterocycles. The average Bonchev–Trinajstić information content (AvgIpc) is 2.98. The van der Waals surface area contributed by atoms with E-state index in [0.29, 0.717) is 23.4 Å². The Hall–Kier alpha value is -0.850. The third-order valence-electron chi connectivity index (χ3n) is 2.19. The Bertz CT molecular complexity index is 442. The van der Waals surface area contributed by atoms with Crippen LogP contribution >= 0.6 is 23.1 Å². The Labute approximate surface area is 108 Å². The molecule has 0 aliphatic heterocycles. The molecule has 0 bridgehead atoms. The molecule has 0 fully saturated rings. The summed E-state index contributed by atoms with van der Waals surface area (Å²) in [5.74, 6) is 3.19. The third-order valence-corrected chi connectivity index (χ3v) is 4.13. The van der Waals surface area contributed by atoms with E-state index in [4.69, 9.17) is 9.63 Å². The van der Waals surface area contributed by atoms with Crippen molar-refractivity contribution in [2.45, 2.75) is 12.7 Å². The van der Waals surface area contributed by atoms with E-state index in [2.05, 4.69) is 10.1 Å². The summed E-state index contributed by atoms with van der Waals surface area (Å²) in [5.41, 5.74) is 0.999. The van der Waals surface area contributed by atoms with Gasteiger partial charge in [-0.3, -0.25) is 0 Å². The second kappa shape index (κ2) is 6.18. The smallest absolute Gasteiger partial charge is 0.236 e. The van der Waals surface area contributed by atoms with Crippen LogP contribution in [-0.2, 0) is 5.75 Å². The Morgan fingerprint density at radius 2 is 2.47 bits per heavy atom. The van der Waals surface area contributed by atoms with E-state index in [1.165, 1.54) is 0 Å². The summed E-state index contributed by atoms with van der Waals surface area (Å²) in [6.07, 6.45) is 0. The number of nitrogens with zero attached hydrogens (tertiary/aromatic N) is 2. The van der Waals surface area contributed by atoms with Gasteiger partial charge in [-0.1, -0.05) is 12.1 Å². The summed E-state index contributed by atoms with van der Waals surface area (Å²) >= 11 is 3.31. The molecule has 0 aromatic carbocycles. The summed E-state index contributed by atoms with van der Waals surface area (Å²) in [7, 11) is 0. The third kappa shape index (κ3) is 3.55. The highest BCUT2D eigenvalue weighted by Gasteiger charge is 2.09. The maximum absolute atomic E-state index is 8.90. The van der Waals surface area contributed by atoms with Gasteiger partial charge < -0.3 is 9.63 Å². The van der Waals surface area contributed by atoms with Gasteiger partial charge in [0.1, 0.15) is 0 Å². The molecule has 0 amide bonds. The number of hydrogen-bond acceptors (Lipinski definition) is 6. The van der Waals surface area contributed by atoms with Gasteiger partial charge in [0, 0.05) is 17.6 Å². The van der Waals surface area contributed by atoms with Crippen molar-refractivity contribution in [1.29, 1.82) is 0 Å². The van der Waals surface area contributed by atoms with Crippen LogP contribution in [0.15, 0.2) is 21.3 Å². The van der Waals surface area contributed by atoms with Crippen LogP contribution in [0.4, 0.5) is 0 Å². The molecule has 4 nitrogen and oxygen atoms in total. The molecule has 1 N–H and O–H groups in total. The van der Waals surface area contributed by atoms with Gasteiger partial charge in [-0.05, 0) is 23.1 Å². The quantitative estimate of drug-likeness (QED) is 0.874. The molecule has 6 heteroatoms. The second-order valence-corrected chi connectivity index (χ2v) is 5.64. The second-order valence-electron chi connectivity index (χ2n) is 3.83. The molecule has 2 heterocycles. The molecule has 0 radical (unpaired) electrons. The fraction of sp³-hybridized carbons (Fsp3) is 0.455. The van der Waals surface area contributed by atoms with Crippen molar-refractivity contribution in [3.8, 4) is 11.4 Å². The van der Waals surface area contributed by atoms with Gasteiger partial charge in [-0.15, -0.1) is 0 Å². The summed E-state index contributed by atoms with van der Waals surface area (Å²) in [5, 5.41) is 16.8. The molecule has 0 spiro atoms. The number of aliphatic hydroxyl groups excluding tert-OH is 1. The normalized spacial score (nSPS) is 12.8. The first kappa shape index (κ1) is 12.6. The maximum Gasteiger partial charge on any atom is 0.236 e. The van der Waals surface area contributed by atoms with Crippen LogP contribution < -0.4 is 0 Å². The molecular formula is C11H14N2O2S2. The first-order valence-electron chi connectivity index (χ1n) is 5.33. The summed E-state index contributed by atoms with van der Waals surface area (Å²) in [6.45, 7) is 2.23. The number of aromatic nitrogens is 2. The molecule has 2 rings (SSSR count). The zero-order chi connectivity index (χ0) is 12.1. The van der Waals surface area contributed by atoms with E-state index in [9.17, 15) is 0 Å². The van der Waals surface area contributed by atoms with Crippen molar-refractivity contribution in [3.05, 3.63) is 22.7 Å². The van der Waals surface area contributed by atoms with Gasteiger partial charge in [0.15, 0.2) is 0 Å². The Morgan fingerprint density at radius 3 is 3.18 bits per heavy atom. The van der Waals surface area contributed by atoms with Crippen molar-refractivity contribution in [3.63, 3.8) is 0 Å². The largest absolute Gasteiger partial charge is 0.396 e. The number of hydrogen-bond donors (Lipinski definition) is 1. The Kier molecular flexibility index (Phi) is 4.58. The highest BCUT2D eigenvalue weighted by atomic mass is 32.2. The van der Waals surface area contributed by atoms with Crippen LogP contribution in [0, 0.1) is 5.92 Å². The predicted molar refractivity (Wildman–Crippen MR) is 70.0 cm³/mol. The van der Waals surface area contributed by atoms with Crippen molar-refractivity contribution >= 4 is 23.1 Å². The maximum atomic E-state index is 8.90. The topological polar surface area (TPSA) is 59.2 Å².